The topological polar surface area (TPSA) is 88.3 Å². The van der Waals surface area contributed by atoms with E-state index in [1.807, 2.05) is 20.8 Å². The largest absolute Gasteiger partial charge is 0.343 e. The molecule has 0 radical (unpaired) electrons. The number of carbonyl (C=O) groups is 2. The zero-order chi connectivity index (χ0) is 15.4. The van der Waals surface area contributed by atoms with Crippen molar-refractivity contribution in [1.29, 1.82) is 0 Å². The molecule has 7 nitrogen and oxygen atoms in total. The van der Waals surface area contributed by atoms with Crippen LogP contribution in [0.3, 0.4) is 0 Å². The van der Waals surface area contributed by atoms with Gasteiger partial charge in [0.1, 0.15) is 12.1 Å². The number of hydrogen-bond acceptors (Lipinski definition) is 5. The first kappa shape index (κ1) is 15.5. The molecule has 1 aromatic heterocycles. The summed E-state index contributed by atoms with van der Waals surface area (Å²) in [6.45, 7) is 6.31. The van der Waals surface area contributed by atoms with Crippen molar-refractivity contribution in [2.45, 2.75) is 52.1 Å². The molecule has 2 unspecified atom stereocenters. The summed E-state index contributed by atoms with van der Waals surface area (Å²) in [6.07, 6.45) is 3.26. The van der Waals surface area contributed by atoms with Crippen LogP contribution in [0, 0.1) is 5.92 Å². The summed E-state index contributed by atoms with van der Waals surface area (Å²) in [5, 5.41) is 6.59. The number of piperazine rings is 1. The predicted molar refractivity (Wildman–Crippen MR) is 75.2 cm³/mol. The van der Waals surface area contributed by atoms with Crippen LogP contribution in [-0.2, 0) is 16.0 Å². The highest BCUT2D eigenvalue weighted by molar-refractivity contribution is 5.97. The minimum Gasteiger partial charge on any atom is -0.343 e. The van der Waals surface area contributed by atoms with E-state index >= 15 is 0 Å². The fourth-order valence-corrected chi connectivity index (χ4v) is 2.72. The lowest BCUT2D eigenvalue weighted by molar-refractivity contribution is -0.151. The molecule has 1 aliphatic heterocycles. The van der Waals surface area contributed by atoms with Crippen LogP contribution >= 0.6 is 0 Å². The lowest BCUT2D eigenvalue weighted by Gasteiger charge is -2.40. The summed E-state index contributed by atoms with van der Waals surface area (Å²) >= 11 is 0. The molecule has 1 aromatic rings. The summed E-state index contributed by atoms with van der Waals surface area (Å²) in [7, 11) is 0. The molecule has 2 heterocycles. The molecule has 2 atom stereocenters. The number of hydrogen-bond donors (Lipinski definition) is 1. The Balaban J connectivity index is 2.13. The van der Waals surface area contributed by atoms with Crippen LogP contribution < -0.4 is 5.32 Å². The molecule has 0 aliphatic carbocycles. The molecule has 21 heavy (non-hydrogen) atoms. The van der Waals surface area contributed by atoms with Crippen molar-refractivity contribution in [3.63, 3.8) is 0 Å². The zero-order valence-electron chi connectivity index (χ0n) is 12.7. The molecule has 0 bridgehead atoms. The highest BCUT2D eigenvalue weighted by Crippen LogP contribution is 2.19. The van der Waals surface area contributed by atoms with Crippen LogP contribution in [0.25, 0.3) is 0 Å². The molecule has 7 heteroatoms. The molecule has 116 valence electrons. The van der Waals surface area contributed by atoms with Gasteiger partial charge in [0.25, 0.3) is 0 Å². The van der Waals surface area contributed by atoms with Gasteiger partial charge in [0.15, 0.2) is 5.82 Å². The molecule has 2 amide bonds. The van der Waals surface area contributed by atoms with E-state index < -0.39 is 12.1 Å². The van der Waals surface area contributed by atoms with Crippen molar-refractivity contribution >= 4 is 11.8 Å². The second kappa shape index (κ2) is 6.69. The highest BCUT2D eigenvalue weighted by atomic mass is 16.5. The Morgan fingerprint density at radius 1 is 1.43 bits per heavy atom. The molecular formula is C14H22N4O3. The monoisotopic (exact) mass is 294 g/mol. The molecule has 1 aliphatic rings. The van der Waals surface area contributed by atoms with Gasteiger partial charge < -0.3 is 14.7 Å². The van der Waals surface area contributed by atoms with Gasteiger partial charge in [-0.15, -0.1) is 0 Å². The Labute approximate surface area is 124 Å². The van der Waals surface area contributed by atoms with E-state index in [9.17, 15) is 9.59 Å². The molecule has 1 N–H and O–H groups in total. The van der Waals surface area contributed by atoms with Gasteiger partial charge in [-0.3, -0.25) is 9.59 Å². The fourth-order valence-electron chi connectivity index (χ4n) is 2.72. The van der Waals surface area contributed by atoms with Crippen molar-refractivity contribution < 1.29 is 14.1 Å². The van der Waals surface area contributed by atoms with Gasteiger partial charge in [-0.1, -0.05) is 32.3 Å². The van der Waals surface area contributed by atoms with Crippen LogP contribution in [0.1, 0.15) is 39.4 Å². The lowest BCUT2D eigenvalue weighted by Crippen LogP contribution is -2.65. The second-order valence-electron chi connectivity index (χ2n) is 5.67. The molecular weight excluding hydrogens is 272 g/mol. The maximum Gasteiger partial charge on any atom is 0.245 e. The molecule has 0 aromatic carbocycles. The quantitative estimate of drug-likeness (QED) is 0.837. The summed E-state index contributed by atoms with van der Waals surface area (Å²) in [5.41, 5.74) is 0. The summed E-state index contributed by atoms with van der Waals surface area (Å²) in [6, 6.07) is -0.847. The Morgan fingerprint density at radius 2 is 2.19 bits per heavy atom. The number of nitrogens with one attached hydrogen (secondary N) is 1. The van der Waals surface area contributed by atoms with Crippen LogP contribution in [0.4, 0.5) is 0 Å². The fraction of sp³-hybridized carbons (Fsp3) is 0.714. The van der Waals surface area contributed by atoms with Crippen molar-refractivity contribution in [2.24, 2.45) is 5.92 Å². The molecule has 1 saturated heterocycles. The average Bonchev–Trinajstić information content (AvgIpc) is 2.93. The number of rotatable bonds is 6. The van der Waals surface area contributed by atoms with Crippen molar-refractivity contribution in [1.82, 2.24) is 20.4 Å². The third-order valence-electron chi connectivity index (χ3n) is 3.69. The third kappa shape index (κ3) is 3.40. The van der Waals surface area contributed by atoms with E-state index in [0.717, 1.165) is 6.42 Å². The number of amides is 2. The van der Waals surface area contributed by atoms with Gasteiger partial charge in [-0.25, -0.2) is 0 Å². The number of carbonyl (C=O) groups excluding carboxylic acids is 2. The van der Waals surface area contributed by atoms with E-state index in [-0.39, 0.29) is 17.7 Å². The highest BCUT2D eigenvalue weighted by Gasteiger charge is 2.41. The molecule has 1 fully saturated rings. The van der Waals surface area contributed by atoms with E-state index in [1.165, 1.54) is 6.39 Å². The normalized spacial score (nSPS) is 22.8. The number of nitrogens with zero attached hydrogens (tertiary/aromatic N) is 3. The van der Waals surface area contributed by atoms with Gasteiger partial charge in [-0.2, -0.15) is 4.98 Å². The molecule has 0 spiro atoms. The Kier molecular flexibility index (Phi) is 4.93. The van der Waals surface area contributed by atoms with Gasteiger partial charge in [0, 0.05) is 13.0 Å². The van der Waals surface area contributed by atoms with Crippen LogP contribution in [0.2, 0.25) is 0 Å². The molecule has 2 rings (SSSR count). The van der Waals surface area contributed by atoms with Crippen molar-refractivity contribution in [2.75, 3.05) is 6.54 Å². The van der Waals surface area contributed by atoms with Crippen LogP contribution in [-0.4, -0.2) is 45.5 Å². The van der Waals surface area contributed by atoms with E-state index in [2.05, 4.69) is 15.5 Å². The number of aromatic nitrogens is 2. The van der Waals surface area contributed by atoms with E-state index in [4.69, 9.17) is 4.52 Å². The van der Waals surface area contributed by atoms with Crippen molar-refractivity contribution in [3.05, 3.63) is 12.2 Å². The standard InChI is InChI=1S/C14H22N4O3/c1-4-5-10-14(20)18(7-6-11-15-8-21-17-11)12(9(2)3)13(19)16-10/h8-10,12H,4-7H2,1-3H3,(H,16,19). The second-order valence-corrected chi connectivity index (χ2v) is 5.67. The van der Waals surface area contributed by atoms with Gasteiger partial charge >= 0.3 is 0 Å². The Hall–Kier alpha value is -1.92. The van der Waals surface area contributed by atoms with Gasteiger partial charge in [-0.05, 0) is 12.3 Å². The minimum atomic E-state index is -0.433. The summed E-state index contributed by atoms with van der Waals surface area (Å²) in [5.74, 6) is 0.514. The minimum absolute atomic E-state index is 0.0151. The summed E-state index contributed by atoms with van der Waals surface area (Å²) < 4.78 is 4.69. The van der Waals surface area contributed by atoms with Gasteiger partial charge in [0.05, 0.1) is 0 Å². The third-order valence-corrected chi connectivity index (χ3v) is 3.69. The predicted octanol–water partition coefficient (Wildman–Crippen LogP) is 0.764. The Morgan fingerprint density at radius 3 is 2.76 bits per heavy atom. The summed E-state index contributed by atoms with van der Waals surface area (Å²) in [4.78, 5) is 30.5. The smallest absolute Gasteiger partial charge is 0.245 e. The van der Waals surface area contributed by atoms with E-state index in [0.29, 0.717) is 25.2 Å². The zero-order valence-corrected chi connectivity index (χ0v) is 12.7. The van der Waals surface area contributed by atoms with Crippen LogP contribution in [0.5, 0.6) is 0 Å². The lowest BCUT2D eigenvalue weighted by atomic mass is 9.95. The SMILES string of the molecule is CCCC1NC(=O)C(C(C)C)N(CCc2ncon2)C1=O. The maximum atomic E-state index is 12.6. The first-order valence-electron chi connectivity index (χ1n) is 7.40. The van der Waals surface area contributed by atoms with Crippen LogP contribution in [0.15, 0.2) is 10.9 Å². The first-order chi connectivity index (χ1) is 10.0. The Bertz CT molecular complexity index is 486. The average molecular weight is 294 g/mol. The van der Waals surface area contributed by atoms with Crippen molar-refractivity contribution in [3.8, 4) is 0 Å². The molecule has 0 saturated carbocycles. The maximum absolute atomic E-state index is 12.6. The first-order valence-corrected chi connectivity index (χ1v) is 7.40. The van der Waals surface area contributed by atoms with E-state index in [1.54, 1.807) is 4.90 Å². The van der Waals surface area contributed by atoms with Gasteiger partial charge in [0.2, 0.25) is 18.2 Å².